The van der Waals surface area contributed by atoms with E-state index in [0.717, 1.165) is 16.3 Å². The van der Waals surface area contributed by atoms with E-state index in [4.69, 9.17) is 11.6 Å². The number of rotatable bonds is 3. The van der Waals surface area contributed by atoms with E-state index in [9.17, 15) is 4.79 Å². The zero-order valence-electron chi connectivity index (χ0n) is 9.82. The predicted octanol–water partition coefficient (Wildman–Crippen LogP) is 2.57. The van der Waals surface area contributed by atoms with E-state index in [0.29, 0.717) is 10.8 Å². The Bertz CT molecular complexity index is 573. The van der Waals surface area contributed by atoms with E-state index in [-0.39, 0.29) is 12.2 Å². The summed E-state index contributed by atoms with van der Waals surface area (Å²) in [5.74, 6) is -0.0210. The normalized spacial score (nSPS) is 10.8. The predicted molar refractivity (Wildman–Crippen MR) is 67.8 cm³/mol. The SMILES string of the molecule is Cc1nc(C(=O)Cc2c(C)nn(C)c2Cl)cs1. The lowest BCUT2D eigenvalue weighted by atomic mass is 10.1. The van der Waals surface area contributed by atoms with Gasteiger partial charge in [-0.3, -0.25) is 9.48 Å². The number of nitrogens with zero attached hydrogens (tertiary/aromatic N) is 3. The third kappa shape index (κ3) is 2.40. The van der Waals surface area contributed by atoms with Gasteiger partial charge in [0.25, 0.3) is 0 Å². The van der Waals surface area contributed by atoms with Crippen molar-refractivity contribution in [3.63, 3.8) is 0 Å². The van der Waals surface area contributed by atoms with Crippen LogP contribution in [0.3, 0.4) is 0 Å². The first-order chi connectivity index (χ1) is 7.99. The minimum atomic E-state index is -0.0210. The Morgan fingerprint density at radius 1 is 1.53 bits per heavy atom. The van der Waals surface area contributed by atoms with Gasteiger partial charge in [0.05, 0.1) is 10.7 Å². The number of hydrogen-bond acceptors (Lipinski definition) is 4. The Hall–Kier alpha value is -1.20. The molecular weight excluding hydrogens is 258 g/mol. The summed E-state index contributed by atoms with van der Waals surface area (Å²) in [4.78, 5) is 16.2. The van der Waals surface area contributed by atoms with Crippen molar-refractivity contribution < 1.29 is 4.79 Å². The Kier molecular flexibility index (Phi) is 3.31. The number of hydrogen-bond donors (Lipinski definition) is 0. The molecule has 0 spiro atoms. The number of Topliss-reactive ketones (excluding diaryl/α,β-unsaturated/α-hetero) is 1. The molecule has 0 aliphatic rings. The second-order valence-electron chi connectivity index (χ2n) is 3.83. The first-order valence-electron chi connectivity index (χ1n) is 5.12. The number of carbonyl (C=O) groups is 1. The lowest BCUT2D eigenvalue weighted by Crippen LogP contribution is -2.05. The highest BCUT2D eigenvalue weighted by molar-refractivity contribution is 7.09. The fraction of sp³-hybridized carbons (Fsp3) is 0.364. The number of thiazole rings is 1. The molecule has 0 N–H and O–H groups in total. The van der Waals surface area contributed by atoms with Gasteiger partial charge in [-0.25, -0.2) is 4.98 Å². The fourth-order valence-corrected chi connectivity index (χ4v) is 2.48. The monoisotopic (exact) mass is 269 g/mol. The summed E-state index contributed by atoms with van der Waals surface area (Å²) in [6.45, 7) is 3.73. The summed E-state index contributed by atoms with van der Waals surface area (Å²) in [5.41, 5.74) is 2.08. The molecule has 0 fully saturated rings. The molecule has 0 atom stereocenters. The van der Waals surface area contributed by atoms with Crippen LogP contribution < -0.4 is 0 Å². The molecule has 0 bridgehead atoms. The minimum absolute atomic E-state index is 0.0210. The van der Waals surface area contributed by atoms with Crippen LogP contribution in [0, 0.1) is 13.8 Å². The van der Waals surface area contributed by atoms with Crippen LogP contribution in [-0.4, -0.2) is 20.5 Å². The van der Waals surface area contributed by atoms with Gasteiger partial charge in [-0.2, -0.15) is 5.10 Å². The largest absolute Gasteiger partial charge is 0.292 e. The standard InChI is InChI=1S/C11H12ClN3OS/c1-6-8(11(12)15(3)14-6)4-10(16)9-5-17-7(2)13-9/h5H,4H2,1-3H3. The summed E-state index contributed by atoms with van der Waals surface area (Å²) < 4.78 is 1.58. The lowest BCUT2D eigenvalue weighted by Gasteiger charge is -1.98. The quantitative estimate of drug-likeness (QED) is 0.805. The van der Waals surface area contributed by atoms with Gasteiger partial charge < -0.3 is 0 Å². The number of ketones is 1. The van der Waals surface area contributed by atoms with Gasteiger partial charge in [0, 0.05) is 24.4 Å². The van der Waals surface area contributed by atoms with Gasteiger partial charge in [0.15, 0.2) is 5.78 Å². The number of aromatic nitrogens is 3. The molecule has 2 rings (SSSR count). The highest BCUT2D eigenvalue weighted by atomic mass is 35.5. The summed E-state index contributed by atoms with van der Waals surface area (Å²) in [6, 6.07) is 0. The van der Waals surface area contributed by atoms with Crippen molar-refractivity contribution in [3.05, 3.63) is 32.5 Å². The van der Waals surface area contributed by atoms with Crippen LogP contribution in [0.2, 0.25) is 5.15 Å². The highest BCUT2D eigenvalue weighted by Gasteiger charge is 2.17. The third-order valence-corrected chi connectivity index (χ3v) is 3.76. The van der Waals surface area contributed by atoms with Crippen molar-refractivity contribution in [2.24, 2.45) is 7.05 Å². The molecule has 0 saturated heterocycles. The van der Waals surface area contributed by atoms with Crippen molar-refractivity contribution in [1.29, 1.82) is 0 Å². The summed E-state index contributed by atoms with van der Waals surface area (Å²) in [5, 5.41) is 7.36. The Morgan fingerprint density at radius 3 is 2.71 bits per heavy atom. The molecule has 17 heavy (non-hydrogen) atoms. The van der Waals surface area contributed by atoms with Crippen LogP contribution in [0.25, 0.3) is 0 Å². The molecule has 6 heteroatoms. The Labute approximate surface area is 108 Å². The molecule has 90 valence electrons. The molecule has 0 amide bonds. The maximum absolute atomic E-state index is 12.0. The van der Waals surface area contributed by atoms with E-state index >= 15 is 0 Å². The molecule has 0 radical (unpaired) electrons. The molecular formula is C11H12ClN3OS. The van der Waals surface area contributed by atoms with Crippen molar-refractivity contribution in [1.82, 2.24) is 14.8 Å². The number of halogens is 1. The number of carbonyl (C=O) groups excluding carboxylic acids is 1. The van der Waals surface area contributed by atoms with Gasteiger partial charge in [0.1, 0.15) is 10.8 Å². The van der Waals surface area contributed by atoms with Gasteiger partial charge in [0.2, 0.25) is 0 Å². The van der Waals surface area contributed by atoms with Crippen molar-refractivity contribution in [2.75, 3.05) is 0 Å². The Morgan fingerprint density at radius 2 is 2.24 bits per heavy atom. The topological polar surface area (TPSA) is 47.8 Å². The minimum Gasteiger partial charge on any atom is -0.292 e. The lowest BCUT2D eigenvalue weighted by molar-refractivity contribution is 0.0988. The second kappa shape index (κ2) is 4.58. The molecule has 0 aliphatic heterocycles. The molecule has 0 saturated carbocycles. The third-order valence-electron chi connectivity index (χ3n) is 2.51. The smallest absolute Gasteiger partial charge is 0.186 e. The van der Waals surface area contributed by atoms with Crippen LogP contribution in [0.5, 0.6) is 0 Å². The summed E-state index contributed by atoms with van der Waals surface area (Å²) >= 11 is 7.55. The summed E-state index contributed by atoms with van der Waals surface area (Å²) in [7, 11) is 1.76. The molecule has 0 unspecified atom stereocenters. The van der Waals surface area contributed by atoms with Crippen LogP contribution in [0.15, 0.2) is 5.38 Å². The first kappa shape index (κ1) is 12.3. The van der Waals surface area contributed by atoms with Crippen LogP contribution >= 0.6 is 22.9 Å². The Balaban J connectivity index is 2.24. The molecule has 2 aromatic heterocycles. The highest BCUT2D eigenvalue weighted by Crippen LogP contribution is 2.21. The van der Waals surface area contributed by atoms with E-state index < -0.39 is 0 Å². The summed E-state index contributed by atoms with van der Waals surface area (Å²) in [6.07, 6.45) is 0.252. The molecule has 0 aliphatic carbocycles. The van der Waals surface area contributed by atoms with Crippen LogP contribution in [0.1, 0.15) is 26.8 Å². The maximum atomic E-state index is 12.0. The van der Waals surface area contributed by atoms with Crippen molar-refractivity contribution >= 4 is 28.7 Å². The molecule has 2 heterocycles. The van der Waals surface area contributed by atoms with Gasteiger partial charge in [-0.1, -0.05) is 11.6 Å². The second-order valence-corrected chi connectivity index (χ2v) is 5.25. The van der Waals surface area contributed by atoms with Gasteiger partial charge in [-0.15, -0.1) is 11.3 Å². The molecule has 4 nitrogen and oxygen atoms in total. The van der Waals surface area contributed by atoms with E-state index in [1.54, 1.807) is 17.1 Å². The molecule has 2 aromatic rings. The van der Waals surface area contributed by atoms with Crippen LogP contribution in [0.4, 0.5) is 0 Å². The van der Waals surface area contributed by atoms with E-state index in [1.165, 1.54) is 11.3 Å². The average molecular weight is 270 g/mol. The van der Waals surface area contributed by atoms with E-state index in [2.05, 4.69) is 10.1 Å². The van der Waals surface area contributed by atoms with Gasteiger partial charge >= 0.3 is 0 Å². The van der Waals surface area contributed by atoms with Crippen molar-refractivity contribution in [2.45, 2.75) is 20.3 Å². The van der Waals surface area contributed by atoms with Crippen molar-refractivity contribution in [3.8, 4) is 0 Å². The first-order valence-corrected chi connectivity index (χ1v) is 6.38. The van der Waals surface area contributed by atoms with E-state index in [1.807, 2.05) is 13.8 Å². The van der Waals surface area contributed by atoms with Gasteiger partial charge in [-0.05, 0) is 13.8 Å². The van der Waals surface area contributed by atoms with Crippen LogP contribution in [-0.2, 0) is 13.5 Å². The maximum Gasteiger partial charge on any atom is 0.186 e. The fourth-order valence-electron chi connectivity index (χ4n) is 1.62. The molecule has 0 aromatic carbocycles. The zero-order chi connectivity index (χ0) is 12.6. The zero-order valence-corrected chi connectivity index (χ0v) is 11.4. The number of aryl methyl sites for hydroxylation is 3. The average Bonchev–Trinajstić information content (AvgIpc) is 2.79.